The molecule has 8 nitrogen and oxygen atoms in total. The Labute approximate surface area is 217 Å². The van der Waals surface area contributed by atoms with Crippen LogP contribution in [0.3, 0.4) is 0 Å². The molecule has 0 heterocycles. The fraction of sp³-hybridized carbons (Fsp3) is 0.417. The lowest BCUT2D eigenvalue weighted by molar-refractivity contribution is -0.139. The fourth-order valence-corrected chi connectivity index (χ4v) is 4.68. The zero-order valence-electron chi connectivity index (χ0n) is 20.4. The molecule has 2 aromatic carbocycles. The second kappa shape index (κ2) is 12.5. The summed E-state index contributed by atoms with van der Waals surface area (Å²) >= 11 is 12.2. The van der Waals surface area contributed by atoms with Crippen molar-refractivity contribution in [1.82, 2.24) is 10.2 Å². The second-order valence-corrected chi connectivity index (χ2v) is 11.0. The van der Waals surface area contributed by atoms with Crippen LogP contribution in [0, 0.1) is 0 Å². The lowest BCUT2D eigenvalue weighted by atomic mass is 10.1. The van der Waals surface area contributed by atoms with Gasteiger partial charge in [-0.1, -0.05) is 42.3 Å². The summed E-state index contributed by atoms with van der Waals surface area (Å²) in [6.07, 6.45) is 1.71. The summed E-state index contributed by atoms with van der Waals surface area (Å²) in [6, 6.07) is 10.4. The molecule has 0 saturated carbocycles. The Bertz CT molecular complexity index is 1140. The van der Waals surface area contributed by atoms with E-state index in [9.17, 15) is 18.0 Å². The van der Waals surface area contributed by atoms with Crippen LogP contribution in [0.4, 0.5) is 5.69 Å². The Kier molecular flexibility index (Phi) is 10.2. The first-order valence-corrected chi connectivity index (χ1v) is 13.6. The molecule has 0 unspecified atom stereocenters. The lowest BCUT2D eigenvalue weighted by Gasteiger charge is -2.32. The maximum atomic E-state index is 13.5. The van der Waals surface area contributed by atoms with Crippen LogP contribution in [-0.2, 0) is 26.2 Å². The highest BCUT2D eigenvalue weighted by atomic mass is 35.5. The Morgan fingerprint density at radius 3 is 2.23 bits per heavy atom. The van der Waals surface area contributed by atoms with E-state index in [2.05, 4.69) is 5.32 Å². The molecule has 0 fully saturated rings. The van der Waals surface area contributed by atoms with Crippen molar-refractivity contribution in [2.24, 2.45) is 0 Å². The van der Waals surface area contributed by atoms with Crippen molar-refractivity contribution >= 4 is 50.7 Å². The van der Waals surface area contributed by atoms with Crippen LogP contribution in [-0.4, -0.2) is 57.1 Å². The Hall–Kier alpha value is -2.49. The average Bonchev–Trinajstić information content (AvgIpc) is 2.80. The third-order valence-electron chi connectivity index (χ3n) is 5.54. The average molecular weight is 545 g/mol. The van der Waals surface area contributed by atoms with Crippen LogP contribution >= 0.6 is 23.2 Å². The molecule has 0 aliphatic rings. The molecule has 0 aromatic heterocycles. The normalized spacial score (nSPS) is 13.0. The molecule has 2 amide bonds. The van der Waals surface area contributed by atoms with E-state index < -0.39 is 28.5 Å². The zero-order valence-corrected chi connectivity index (χ0v) is 22.7. The first-order valence-electron chi connectivity index (χ1n) is 11.0. The van der Waals surface area contributed by atoms with Gasteiger partial charge >= 0.3 is 0 Å². The van der Waals surface area contributed by atoms with E-state index in [-0.39, 0.29) is 29.2 Å². The Balaban J connectivity index is 2.41. The number of anilines is 1. The molecular weight excluding hydrogens is 513 g/mol. The second-order valence-electron chi connectivity index (χ2n) is 8.23. The Morgan fingerprint density at radius 1 is 1.09 bits per heavy atom. The number of methoxy groups -OCH3 is 1. The van der Waals surface area contributed by atoms with E-state index in [1.807, 2.05) is 13.8 Å². The van der Waals surface area contributed by atoms with Crippen molar-refractivity contribution in [3.63, 3.8) is 0 Å². The maximum Gasteiger partial charge on any atom is 0.244 e. The van der Waals surface area contributed by atoms with Gasteiger partial charge in [0.05, 0.1) is 24.1 Å². The first kappa shape index (κ1) is 28.7. The van der Waals surface area contributed by atoms with Crippen LogP contribution in [0.5, 0.6) is 5.75 Å². The number of nitrogens with zero attached hydrogens (tertiary/aromatic N) is 2. The number of nitrogens with one attached hydrogen (secondary N) is 1. The van der Waals surface area contributed by atoms with Crippen molar-refractivity contribution in [2.45, 2.75) is 45.8 Å². The monoisotopic (exact) mass is 543 g/mol. The van der Waals surface area contributed by atoms with Crippen molar-refractivity contribution in [1.29, 1.82) is 0 Å². The third-order valence-corrected chi connectivity index (χ3v) is 7.20. The summed E-state index contributed by atoms with van der Waals surface area (Å²) in [6.45, 7) is 4.96. The third kappa shape index (κ3) is 8.02. The van der Waals surface area contributed by atoms with Gasteiger partial charge in [-0.05, 0) is 56.2 Å². The van der Waals surface area contributed by atoms with Gasteiger partial charge in [0, 0.05) is 17.6 Å². The highest BCUT2D eigenvalue weighted by molar-refractivity contribution is 7.92. The number of rotatable bonds is 11. The van der Waals surface area contributed by atoms with Gasteiger partial charge < -0.3 is 15.0 Å². The largest absolute Gasteiger partial charge is 0.497 e. The molecule has 2 aromatic rings. The van der Waals surface area contributed by atoms with Crippen LogP contribution in [0.1, 0.15) is 32.8 Å². The van der Waals surface area contributed by atoms with Gasteiger partial charge in [0.1, 0.15) is 18.3 Å². The molecule has 2 rings (SSSR count). The van der Waals surface area contributed by atoms with E-state index in [0.29, 0.717) is 10.8 Å². The molecule has 0 saturated heterocycles. The van der Waals surface area contributed by atoms with Gasteiger partial charge in [-0.15, -0.1) is 0 Å². The molecule has 1 N–H and O–H groups in total. The van der Waals surface area contributed by atoms with Crippen LogP contribution in [0.2, 0.25) is 10.0 Å². The number of benzene rings is 2. The summed E-state index contributed by atoms with van der Waals surface area (Å²) in [4.78, 5) is 27.8. The summed E-state index contributed by atoms with van der Waals surface area (Å²) in [5.41, 5.74) is 0.866. The van der Waals surface area contributed by atoms with Gasteiger partial charge in [0.2, 0.25) is 21.8 Å². The number of halogens is 2. The quantitative estimate of drug-likeness (QED) is 0.460. The number of hydrogen-bond donors (Lipinski definition) is 1. The van der Waals surface area contributed by atoms with Crippen molar-refractivity contribution in [3.05, 3.63) is 58.1 Å². The molecule has 0 spiro atoms. The first-order chi connectivity index (χ1) is 16.4. The minimum Gasteiger partial charge on any atom is -0.497 e. The molecule has 0 aliphatic carbocycles. The zero-order chi connectivity index (χ0) is 26.3. The topological polar surface area (TPSA) is 96.0 Å². The van der Waals surface area contributed by atoms with E-state index in [1.54, 1.807) is 38.3 Å². The minimum atomic E-state index is -3.89. The van der Waals surface area contributed by atoms with E-state index in [1.165, 1.54) is 23.1 Å². The van der Waals surface area contributed by atoms with Crippen LogP contribution in [0.15, 0.2) is 42.5 Å². The smallest absolute Gasteiger partial charge is 0.244 e. The van der Waals surface area contributed by atoms with Gasteiger partial charge in [0.25, 0.3) is 0 Å². The summed E-state index contributed by atoms with van der Waals surface area (Å²) < 4.78 is 31.3. The number of amides is 2. The van der Waals surface area contributed by atoms with E-state index >= 15 is 0 Å². The van der Waals surface area contributed by atoms with Crippen molar-refractivity contribution < 1.29 is 22.7 Å². The Morgan fingerprint density at radius 2 is 1.71 bits per heavy atom. The van der Waals surface area contributed by atoms with Crippen LogP contribution in [0.25, 0.3) is 0 Å². The van der Waals surface area contributed by atoms with E-state index in [4.69, 9.17) is 27.9 Å². The predicted octanol–water partition coefficient (Wildman–Crippen LogP) is 4.10. The molecule has 11 heteroatoms. The molecule has 35 heavy (non-hydrogen) atoms. The molecule has 2 atom stereocenters. The van der Waals surface area contributed by atoms with Crippen molar-refractivity contribution in [3.8, 4) is 5.75 Å². The molecule has 0 radical (unpaired) electrons. The van der Waals surface area contributed by atoms with Gasteiger partial charge in [0.15, 0.2) is 0 Å². The molecule has 0 bridgehead atoms. The SMILES string of the molecule is CC[C@H](C)NC(=O)[C@H](C)N(Cc1ccc(OC)cc1)C(=O)CN(c1ccc(Cl)cc1Cl)S(C)(=O)=O. The number of ether oxygens (including phenoxy) is 1. The number of carbonyl (C=O) groups excluding carboxylic acids is 2. The molecular formula is C24H31Cl2N3O5S. The molecule has 192 valence electrons. The highest BCUT2D eigenvalue weighted by Crippen LogP contribution is 2.30. The summed E-state index contributed by atoms with van der Waals surface area (Å²) in [5, 5.41) is 3.29. The fourth-order valence-electron chi connectivity index (χ4n) is 3.25. The maximum absolute atomic E-state index is 13.5. The lowest BCUT2D eigenvalue weighted by Crippen LogP contribution is -2.52. The number of carbonyl (C=O) groups is 2. The standard InChI is InChI=1S/C24H31Cl2N3O5S/c1-6-16(2)27-24(31)17(3)28(14-18-7-10-20(34-4)11-8-18)23(30)15-29(35(5,32)33)22-12-9-19(25)13-21(22)26/h7-13,16-17H,6,14-15H2,1-5H3,(H,27,31)/t16-,17-/m0/s1. The minimum absolute atomic E-state index is 0.0803. The molecule has 0 aliphatic heterocycles. The summed E-state index contributed by atoms with van der Waals surface area (Å²) in [7, 11) is -2.34. The predicted molar refractivity (Wildman–Crippen MR) is 140 cm³/mol. The van der Waals surface area contributed by atoms with Crippen molar-refractivity contribution in [2.75, 3.05) is 24.2 Å². The summed E-state index contributed by atoms with van der Waals surface area (Å²) in [5.74, 6) is -0.254. The number of sulfonamides is 1. The van der Waals surface area contributed by atoms with E-state index in [0.717, 1.165) is 22.5 Å². The van der Waals surface area contributed by atoms with Gasteiger partial charge in [-0.25, -0.2) is 8.42 Å². The van der Waals surface area contributed by atoms with Gasteiger partial charge in [-0.3, -0.25) is 13.9 Å². The number of hydrogen-bond acceptors (Lipinski definition) is 5. The highest BCUT2D eigenvalue weighted by Gasteiger charge is 2.31. The van der Waals surface area contributed by atoms with Gasteiger partial charge in [-0.2, -0.15) is 0 Å². The van der Waals surface area contributed by atoms with Crippen LogP contribution < -0.4 is 14.4 Å².